The number of hydrogen-bond donors (Lipinski definition) is 2. The first kappa shape index (κ1) is 18.1. The fourth-order valence-corrected chi connectivity index (χ4v) is 2.26. The van der Waals surface area contributed by atoms with Crippen LogP contribution < -0.4 is 16.6 Å². The number of aliphatic carboxylic acids is 1. The molecule has 0 fully saturated rings. The summed E-state index contributed by atoms with van der Waals surface area (Å²) >= 11 is 0. The number of rotatable bonds is 5. The van der Waals surface area contributed by atoms with Crippen LogP contribution in [0.1, 0.15) is 15.9 Å². The summed E-state index contributed by atoms with van der Waals surface area (Å²) in [5, 5.41) is 11.5. The Kier molecular flexibility index (Phi) is 5.16. The zero-order valence-electron chi connectivity index (χ0n) is 13.5. The van der Waals surface area contributed by atoms with Gasteiger partial charge in [0.1, 0.15) is 17.4 Å². The van der Waals surface area contributed by atoms with Crippen LogP contribution in [0.4, 0.5) is 4.39 Å². The minimum atomic E-state index is -1.32. The van der Waals surface area contributed by atoms with Crippen molar-refractivity contribution in [2.45, 2.75) is 12.5 Å². The molecule has 2 rings (SSSR count). The van der Waals surface area contributed by atoms with Gasteiger partial charge in [-0.15, -0.1) is 0 Å². The lowest BCUT2D eigenvalue weighted by atomic mass is 10.1. The molecule has 1 unspecified atom stereocenters. The van der Waals surface area contributed by atoms with Crippen LogP contribution in [-0.4, -0.2) is 32.2 Å². The molecule has 2 aromatic rings. The minimum absolute atomic E-state index is 0.0898. The van der Waals surface area contributed by atoms with Gasteiger partial charge in [-0.3, -0.25) is 14.2 Å². The highest BCUT2D eigenvalue weighted by Crippen LogP contribution is 2.06. The van der Waals surface area contributed by atoms with E-state index in [4.69, 9.17) is 0 Å². The molecule has 9 heteroatoms. The topological polar surface area (TPSA) is 110 Å². The standard InChI is InChI=1S/C16H16FN3O5/c1-19-8-11(14(22)20(2)16(19)25)13(21)18-12(15(23)24)7-9-3-5-10(17)6-4-9/h3-6,8,12H,7H2,1-2H3,(H,18,21)(H,23,24). The molecule has 0 aliphatic heterocycles. The van der Waals surface area contributed by atoms with E-state index >= 15 is 0 Å². The third-order valence-corrected chi connectivity index (χ3v) is 3.65. The molecular formula is C16H16FN3O5. The van der Waals surface area contributed by atoms with E-state index in [1.54, 1.807) is 0 Å². The van der Waals surface area contributed by atoms with Crippen LogP contribution in [0.3, 0.4) is 0 Å². The second-order valence-corrected chi connectivity index (χ2v) is 5.50. The predicted molar refractivity (Wildman–Crippen MR) is 85.9 cm³/mol. The molecule has 25 heavy (non-hydrogen) atoms. The van der Waals surface area contributed by atoms with Gasteiger partial charge in [-0.25, -0.2) is 14.0 Å². The van der Waals surface area contributed by atoms with Crippen molar-refractivity contribution in [2.75, 3.05) is 0 Å². The molecule has 0 saturated carbocycles. The molecule has 1 aromatic carbocycles. The number of hydrogen-bond acceptors (Lipinski definition) is 4. The van der Waals surface area contributed by atoms with Crippen LogP contribution in [0.2, 0.25) is 0 Å². The number of nitrogens with zero attached hydrogens (tertiary/aromatic N) is 2. The van der Waals surface area contributed by atoms with E-state index in [1.807, 2.05) is 0 Å². The van der Waals surface area contributed by atoms with Crippen LogP contribution in [0.25, 0.3) is 0 Å². The van der Waals surface area contributed by atoms with Gasteiger partial charge in [-0.05, 0) is 17.7 Å². The number of amides is 1. The number of aromatic nitrogens is 2. The molecule has 1 atom stereocenters. The van der Waals surface area contributed by atoms with Crippen LogP contribution in [0.15, 0.2) is 40.1 Å². The number of carboxylic acid groups (broad SMARTS) is 1. The van der Waals surface area contributed by atoms with E-state index in [9.17, 15) is 28.7 Å². The van der Waals surface area contributed by atoms with Gasteiger partial charge in [0, 0.05) is 26.7 Å². The first-order valence-corrected chi connectivity index (χ1v) is 7.25. The summed E-state index contributed by atoms with van der Waals surface area (Å²) in [6, 6.07) is 3.85. The zero-order chi connectivity index (χ0) is 18.7. The van der Waals surface area contributed by atoms with Gasteiger partial charge in [-0.1, -0.05) is 12.1 Å². The first-order chi connectivity index (χ1) is 11.7. The molecule has 0 radical (unpaired) electrons. The van der Waals surface area contributed by atoms with Crippen molar-refractivity contribution < 1.29 is 19.1 Å². The third-order valence-electron chi connectivity index (χ3n) is 3.65. The van der Waals surface area contributed by atoms with E-state index in [0.717, 1.165) is 15.3 Å². The van der Waals surface area contributed by atoms with E-state index < -0.39 is 35.0 Å². The molecule has 0 aliphatic rings. The van der Waals surface area contributed by atoms with Crippen molar-refractivity contribution in [3.8, 4) is 0 Å². The summed E-state index contributed by atoms with van der Waals surface area (Å²) in [7, 11) is 2.58. The highest BCUT2D eigenvalue weighted by molar-refractivity contribution is 5.96. The Morgan fingerprint density at radius 1 is 1.20 bits per heavy atom. The van der Waals surface area contributed by atoms with Crippen molar-refractivity contribution in [1.82, 2.24) is 14.5 Å². The molecule has 0 saturated heterocycles. The molecule has 0 aliphatic carbocycles. The Hall–Kier alpha value is -3.23. The molecule has 0 spiro atoms. The van der Waals surface area contributed by atoms with Crippen molar-refractivity contribution in [1.29, 1.82) is 0 Å². The average molecular weight is 349 g/mol. The number of halogens is 1. The zero-order valence-corrected chi connectivity index (χ0v) is 13.5. The monoisotopic (exact) mass is 349 g/mol. The smallest absolute Gasteiger partial charge is 0.330 e. The maximum absolute atomic E-state index is 12.9. The normalized spacial score (nSPS) is 11.8. The first-order valence-electron chi connectivity index (χ1n) is 7.25. The summed E-state index contributed by atoms with van der Waals surface area (Å²) < 4.78 is 14.7. The largest absolute Gasteiger partial charge is 0.480 e. The van der Waals surface area contributed by atoms with Gasteiger partial charge in [0.25, 0.3) is 11.5 Å². The predicted octanol–water partition coefficient (Wildman–Crippen LogP) is -0.351. The Labute approximate surface area is 141 Å². The number of benzene rings is 1. The average Bonchev–Trinajstić information content (AvgIpc) is 2.57. The molecule has 8 nitrogen and oxygen atoms in total. The molecule has 2 N–H and O–H groups in total. The third kappa shape index (κ3) is 4.00. The Morgan fingerprint density at radius 2 is 1.80 bits per heavy atom. The molecule has 0 bridgehead atoms. The van der Waals surface area contributed by atoms with E-state index in [2.05, 4.69) is 5.32 Å². The lowest BCUT2D eigenvalue weighted by Crippen LogP contribution is -2.46. The summed E-state index contributed by atoms with van der Waals surface area (Å²) in [6.07, 6.45) is 0.963. The van der Waals surface area contributed by atoms with Gasteiger partial charge in [0.05, 0.1) is 0 Å². The van der Waals surface area contributed by atoms with Crippen molar-refractivity contribution >= 4 is 11.9 Å². The summed E-state index contributed by atoms with van der Waals surface area (Å²) in [4.78, 5) is 47.3. The second-order valence-electron chi connectivity index (χ2n) is 5.50. The van der Waals surface area contributed by atoms with Gasteiger partial charge in [0.15, 0.2) is 0 Å². The molecule has 1 heterocycles. The molecule has 132 valence electrons. The van der Waals surface area contributed by atoms with Crippen LogP contribution in [0, 0.1) is 5.82 Å². The molecule has 1 amide bonds. The van der Waals surface area contributed by atoms with Crippen LogP contribution in [-0.2, 0) is 25.3 Å². The fourth-order valence-electron chi connectivity index (χ4n) is 2.26. The summed E-state index contributed by atoms with van der Waals surface area (Å²) in [5.41, 5.74) is -1.29. The summed E-state index contributed by atoms with van der Waals surface area (Å²) in [5.74, 6) is -2.68. The summed E-state index contributed by atoms with van der Waals surface area (Å²) in [6.45, 7) is 0. The van der Waals surface area contributed by atoms with Gasteiger partial charge in [-0.2, -0.15) is 0 Å². The lowest BCUT2D eigenvalue weighted by molar-refractivity contribution is -0.139. The lowest BCUT2D eigenvalue weighted by Gasteiger charge is -2.15. The van der Waals surface area contributed by atoms with E-state index in [0.29, 0.717) is 5.56 Å². The highest BCUT2D eigenvalue weighted by atomic mass is 19.1. The highest BCUT2D eigenvalue weighted by Gasteiger charge is 2.23. The van der Waals surface area contributed by atoms with E-state index in [-0.39, 0.29) is 12.0 Å². The van der Waals surface area contributed by atoms with E-state index in [1.165, 1.54) is 38.4 Å². The van der Waals surface area contributed by atoms with Crippen molar-refractivity contribution in [3.05, 3.63) is 68.2 Å². The van der Waals surface area contributed by atoms with Gasteiger partial charge >= 0.3 is 11.7 Å². The number of aryl methyl sites for hydroxylation is 1. The second kappa shape index (κ2) is 7.12. The Balaban J connectivity index is 2.27. The Bertz CT molecular complexity index is 930. The van der Waals surface area contributed by atoms with Crippen molar-refractivity contribution in [2.24, 2.45) is 14.1 Å². The Morgan fingerprint density at radius 3 is 2.36 bits per heavy atom. The number of carboxylic acids is 1. The molecule has 1 aromatic heterocycles. The number of carbonyl (C=O) groups is 2. The maximum Gasteiger partial charge on any atom is 0.330 e. The molecular weight excluding hydrogens is 333 g/mol. The minimum Gasteiger partial charge on any atom is -0.480 e. The quantitative estimate of drug-likeness (QED) is 0.767. The number of nitrogens with one attached hydrogen (secondary N) is 1. The van der Waals surface area contributed by atoms with Crippen LogP contribution >= 0.6 is 0 Å². The van der Waals surface area contributed by atoms with Gasteiger partial charge < -0.3 is 15.0 Å². The van der Waals surface area contributed by atoms with Crippen LogP contribution in [0.5, 0.6) is 0 Å². The fraction of sp³-hybridized carbons (Fsp3) is 0.250. The number of carbonyl (C=O) groups excluding carboxylic acids is 1. The van der Waals surface area contributed by atoms with Crippen molar-refractivity contribution in [3.63, 3.8) is 0 Å². The SMILES string of the molecule is Cn1cc(C(=O)NC(Cc2ccc(F)cc2)C(=O)O)c(=O)n(C)c1=O. The van der Waals surface area contributed by atoms with Gasteiger partial charge in [0.2, 0.25) is 0 Å². The maximum atomic E-state index is 12.9.